The molecular formula is C16H26N4O3. The van der Waals surface area contributed by atoms with Crippen molar-refractivity contribution in [3.63, 3.8) is 0 Å². The van der Waals surface area contributed by atoms with E-state index in [1.54, 1.807) is 0 Å². The summed E-state index contributed by atoms with van der Waals surface area (Å²) in [6, 6.07) is 0. The normalized spacial score (nSPS) is 19.0. The monoisotopic (exact) mass is 322 g/mol. The second-order valence-corrected chi connectivity index (χ2v) is 6.41. The van der Waals surface area contributed by atoms with Crippen LogP contribution >= 0.6 is 0 Å². The quantitative estimate of drug-likeness (QED) is 0.701. The number of hydrogen-bond donors (Lipinski definition) is 3. The van der Waals surface area contributed by atoms with Crippen molar-refractivity contribution in [3.05, 3.63) is 27.9 Å². The number of hydrogen-bond acceptors (Lipinski definition) is 5. The van der Waals surface area contributed by atoms with E-state index in [1.807, 2.05) is 13.8 Å². The molecule has 23 heavy (non-hydrogen) atoms. The molecule has 1 amide bonds. The lowest BCUT2D eigenvalue weighted by atomic mass is 9.99. The highest BCUT2D eigenvalue weighted by molar-refractivity contribution is 5.93. The Balaban J connectivity index is 1.84. The Labute approximate surface area is 136 Å². The van der Waals surface area contributed by atoms with Gasteiger partial charge in [-0.1, -0.05) is 13.8 Å². The zero-order valence-electron chi connectivity index (χ0n) is 13.8. The summed E-state index contributed by atoms with van der Waals surface area (Å²) in [5, 5.41) is 12.0. The third kappa shape index (κ3) is 4.87. The van der Waals surface area contributed by atoms with E-state index in [9.17, 15) is 14.7 Å². The van der Waals surface area contributed by atoms with Gasteiger partial charge in [0.2, 0.25) is 0 Å². The minimum absolute atomic E-state index is 0.0429. The summed E-state index contributed by atoms with van der Waals surface area (Å²) in [7, 11) is 0. The Morgan fingerprint density at radius 1 is 1.57 bits per heavy atom. The molecule has 0 radical (unpaired) electrons. The molecule has 0 saturated carbocycles. The standard InChI is InChI=1S/C16H26N4O3/c1-11(2)14-18-8-13(16(23)19-14)15(22)17-5-7-20-6-3-4-12(9-20)10-21/h8,11-12,21H,3-7,9-10H2,1-2H3,(H,17,22)(H,18,19,23). The SMILES string of the molecule is CC(C)c1ncc(C(=O)NCCN2CCCC(CO)C2)c(=O)[nH]1. The first-order valence-corrected chi connectivity index (χ1v) is 8.22. The second-order valence-electron chi connectivity index (χ2n) is 6.41. The van der Waals surface area contributed by atoms with E-state index in [1.165, 1.54) is 6.20 Å². The number of rotatable bonds is 6. The van der Waals surface area contributed by atoms with Gasteiger partial charge in [-0.05, 0) is 25.3 Å². The van der Waals surface area contributed by atoms with Gasteiger partial charge in [0.25, 0.3) is 11.5 Å². The van der Waals surface area contributed by atoms with Crippen LogP contribution in [-0.2, 0) is 0 Å². The van der Waals surface area contributed by atoms with Crippen molar-refractivity contribution in [2.24, 2.45) is 5.92 Å². The van der Waals surface area contributed by atoms with E-state index in [0.29, 0.717) is 18.3 Å². The average Bonchev–Trinajstić information content (AvgIpc) is 2.54. The molecule has 7 heteroatoms. The highest BCUT2D eigenvalue weighted by Gasteiger charge is 2.19. The molecule has 0 aliphatic carbocycles. The van der Waals surface area contributed by atoms with Gasteiger partial charge < -0.3 is 20.3 Å². The number of likely N-dealkylation sites (tertiary alicyclic amines) is 1. The number of nitrogens with zero attached hydrogens (tertiary/aromatic N) is 2. The third-order valence-corrected chi connectivity index (χ3v) is 4.19. The molecule has 128 valence electrons. The number of aromatic amines is 1. The van der Waals surface area contributed by atoms with Gasteiger partial charge in [-0.3, -0.25) is 9.59 Å². The Hall–Kier alpha value is -1.73. The highest BCUT2D eigenvalue weighted by Crippen LogP contribution is 2.14. The number of aliphatic hydroxyl groups excluding tert-OH is 1. The molecule has 0 aromatic carbocycles. The van der Waals surface area contributed by atoms with Crippen LogP contribution in [0.5, 0.6) is 0 Å². The minimum atomic E-state index is -0.403. The molecule has 1 aliphatic heterocycles. The third-order valence-electron chi connectivity index (χ3n) is 4.19. The first-order chi connectivity index (χ1) is 11.0. The Bertz CT molecular complexity index is 585. The maximum atomic E-state index is 12.1. The molecule has 3 N–H and O–H groups in total. The van der Waals surface area contributed by atoms with Crippen molar-refractivity contribution in [2.45, 2.75) is 32.6 Å². The van der Waals surface area contributed by atoms with Crippen LogP contribution in [0.15, 0.2) is 11.0 Å². The molecule has 0 spiro atoms. The summed E-state index contributed by atoms with van der Waals surface area (Å²) in [5.74, 6) is 0.619. The van der Waals surface area contributed by atoms with Gasteiger partial charge in [-0.15, -0.1) is 0 Å². The van der Waals surface area contributed by atoms with Gasteiger partial charge in [-0.25, -0.2) is 4.98 Å². The zero-order valence-corrected chi connectivity index (χ0v) is 13.8. The van der Waals surface area contributed by atoms with E-state index < -0.39 is 11.5 Å². The Kier molecular flexibility index (Phi) is 6.29. The lowest BCUT2D eigenvalue weighted by Crippen LogP contribution is -2.42. The van der Waals surface area contributed by atoms with Crippen molar-refractivity contribution in [3.8, 4) is 0 Å². The van der Waals surface area contributed by atoms with Crippen LogP contribution in [0.4, 0.5) is 0 Å². The summed E-state index contributed by atoms with van der Waals surface area (Å²) >= 11 is 0. The van der Waals surface area contributed by atoms with Gasteiger partial charge in [0, 0.05) is 38.4 Å². The molecule has 1 unspecified atom stereocenters. The fraction of sp³-hybridized carbons (Fsp3) is 0.688. The minimum Gasteiger partial charge on any atom is -0.396 e. The zero-order chi connectivity index (χ0) is 16.8. The van der Waals surface area contributed by atoms with Crippen molar-refractivity contribution in [2.75, 3.05) is 32.8 Å². The number of carbonyl (C=O) groups is 1. The van der Waals surface area contributed by atoms with Crippen LogP contribution in [0.1, 0.15) is 48.8 Å². The largest absolute Gasteiger partial charge is 0.396 e. The number of aliphatic hydroxyl groups is 1. The first-order valence-electron chi connectivity index (χ1n) is 8.22. The number of amides is 1. The molecule has 1 aromatic rings. The fourth-order valence-corrected chi connectivity index (χ4v) is 2.79. The topological polar surface area (TPSA) is 98.3 Å². The molecule has 1 saturated heterocycles. The predicted molar refractivity (Wildman–Crippen MR) is 87.5 cm³/mol. The summed E-state index contributed by atoms with van der Waals surface area (Å²) in [4.78, 5) is 33.0. The average molecular weight is 322 g/mol. The maximum Gasteiger partial charge on any atom is 0.263 e. The van der Waals surface area contributed by atoms with Gasteiger partial charge in [-0.2, -0.15) is 0 Å². The molecule has 0 bridgehead atoms. The van der Waals surface area contributed by atoms with Crippen molar-refractivity contribution < 1.29 is 9.90 Å². The molecule has 1 aromatic heterocycles. The molecule has 2 heterocycles. The summed E-state index contributed by atoms with van der Waals surface area (Å²) in [6.07, 6.45) is 3.47. The lowest BCUT2D eigenvalue weighted by molar-refractivity contribution is 0.0928. The van der Waals surface area contributed by atoms with Crippen LogP contribution in [0.2, 0.25) is 0 Å². The van der Waals surface area contributed by atoms with E-state index >= 15 is 0 Å². The van der Waals surface area contributed by atoms with Crippen LogP contribution in [0.3, 0.4) is 0 Å². The fourth-order valence-electron chi connectivity index (χ4n) is 2.79. The van der Waals surface area contributed by atoms with Crippen LogP contribution in [0, 0.1) is 5.92 Å². The molecule has 1 aliphatic rings. The Morgan fingerprint density at radius 2 is 2.35 bits per heavy atom. The highest BCUT2D eigenvalue weighted by atomic mass is 16.3. The second kappa shape index (κ2) is 8.21. The molecule has 1 fully saturated rings. The molecule has 2 rings (SSSR count). The van der Waals surface area contributed by atoms with Crippen molar-refractivity contribution in [1.29, 1.82) is 0 Å². The number of H-pyrrole nitrogens is 1. The van der Waals surface area contributed by atoms with E-state index in [0.717, 1.165) is 32.5 Å². The number of carbonyl (C=O) groups excluding carboxylic acids is 1. The van der Waals surface area contributed by atoms with Gasteiger partial charge in [0.05, 0.1) is 0 Å². The Morgan fingerprint density at radius 3 is 3.00 bits per heavy atom. The van der Waals surface area contributed by atoms with Gasteiger partial charge in [0.1, 0.15) is 11.4 Å². The van der Waals surface area contributed by atoms with Crippen molar-refractivity contribution in [1.82, 2.24) is 20.2 Å². The van der Waals surface area contributed by atoms with E-state index in [2.05, 4.69) is 20.2 Å². The first kappa shape index (κ1) is 17.6. The smallest absolute Gasteiger partial charge is 0.263 e. The van der Waals surface area contributed by atoms with E-state index in [4.69, 9.17) is 0 Å². The van der Waals surface area contributed by atoms with Gasteiger partial charge in [0.15, 0.2) is 0 Å². The van der Waals surface area contributed by atoms with E-state index in [-0.39, 0.29) is 18.1 Å². The van der Waals surface area contributed by atoms with Crippen LogP contribution in [0.25, 0.3) is 0 Å². The number of nitrogens with one attached hydrogen (secondary N) is 2. The van der Waals surface area contributed by atoms with Gasteiger partial charge >= 0.3 is 0 Å². The summed E-state index contributed by atoms with van der Waals surface area (Å²) < 4.78 is 0. The van der Waals surface area contributed by atoms with Crippen LogP contribution < -0.4 is 10.9 Å². The predicted octanol–water partition coefficient (Wildman–Crippen LogP) is 0.327. The molecular weight excluding hydrogens is 296 g/mol. The number of piperidine rings is 1. The lowest BCUT2D eigenvalue weighted by Gasteiger charge is -2.31. The maximum absolute atomic E-state index is 12.1. The molecule has 1 atom stereocenters. The molecule has 7 nitrogen and oxygen atoms in total. The van der Waals surface area contributed by atoms with Crippen LogP contribution in [-0.4, -0.2) is 58.7 Å². The van der Waals surface area contributed by atoms with Crippen molar-refractivity contribution >= 4 is 5.91 Å². The summed E-state index contributed by atoms with van der Waals surface area (Å²) in [5.41, 5.74) is -0.360. The summed E-state index contributed by atoms with van der Waals surface area (Å²) in [6.45, 7) is 7.11. The number of aromatic nitrogens is 2.